The summed E-state index contributed by atoms with van der Waals surface area (Å²) in [4.78, 5) is 12.7. The molecule has 3 rings (SSSR count). The molecule has 148 valence electrons. The van der Waals surface area contributed by atoms with E-state index in [1.165, 1.54) is 0 Å². The van der Waals surface area contributed by atoms with Crippen LogP contribution in [0.2, 0.25) is 0 Å². The highest BCUT2D eigenvalue weighted by molar-refractivity contribution is 5.79. The summed E-state index contributed by atoms with van der Waals surface area (Å²) in [6.07, 6.45) is 2.93. The van der Waals surface area contributed by atoms with Crippen LogP contribution in [0.5, 0.6) is 11.5 Å². The number of benzene rings is 1. The van der Waals surface area contributed by atoms with E-state index in [-0.39, 0.29) is 18.4 Å². The molecule has 2 aromatic heterocycles. The number of rotatable bonds is 8. The molecule has 1 N–H and O–H groups in total. The average molecular weight is 382 g/mol. The van der Waals surface area contributed by atoms with Gasteiger partial charge in [0.1, 0.15) is 0 Å². The topological polar surface area (TPSA) is 77.8 Å². The second-order valence-electron chi connectivity index (χ2n) is 7.10. The summed E-state index contributed by atoms with van der Waals surface area (Å²) in [5, 5.41) is 11.7. The van der Waals surface area contributed by atoms with Crippen molar-refractivity contribution in [3.8, 4) is 11.5 Å². The monoisotopic (exact) mass is 382 g/mol. The van der Waals surface area contributed by atoms with Crippen molar-refractivity contribution in [2.75, 3.05) is 14.2 Å². The fraction of sp³-hybridized carbons (Fsp3) is 0.381. The molecule has 0 spiro atoms. The van der Waals surface area contributed by atoms with Crippen molar-refractivity contribution in [3.63, 3.8) is 0 Å². The standard InChI is InChI=1S/C21H26N4O3/c1-14(2)11-16(21-24-23-19-7-5-6-10-25(19)21)22-20(26)13-15-8-9-17(27-3)18(12-15)28-4/h5-10,12,14,16H,11,13H2,1-4H3,(H,22,26)/t16-/m0/s1. The van der Waals surface area contributed by atoms with E-state index in [0.717, 1.165) is 23.5 Å². The zero-order chi connectivity index (χ0) is 20.1. The lowest BCUT2D eigenvalue weighted by Gasteiger charge is -2.19. The third-order valence-electron chi connectivity index (χ3n) is 4.51. The van der Waals surface area contributed by atoms with Gasteiger partial charge in [-0.05, 0) is 42.2 Å². The molecule has 0 fully saturated rings. The van der Waals surface area contributed by atoms with Gasteiger partial charge in [-0.15, -0.1) is 10.2 Å². The van der Waals surface area contributed by atoms with Gasteiger partial charge in [0.05, 0.1) is 26.7 Å². The molecule has 0 saturated carbocycles. The largest absolute Gasteiger partial charge is 0.493 e. The van der Waals surface area contributed by atoms with Gasteiger partial charge in [0.2, 0.25) is 5.91 Å². The van der Waals surface area contributed by atoms with E-state index < -0.39 is 0 Å². The zero-order valence-corrected chi connectivity index (χ0v) is 16.7. The second kappa shape index (κ2) is 8.73. The van der Waals surface area contributed by atoms with Crippen LogP contribution in [-0.4, -0.2) is 34.7 Å². The van der Waals surface area contributed by atoms with Crippen molar-refractivity contribution < 1.29 is 14.3 Å². The Morgan fingerprint density at radius 1 is 1.11 bits per heavy atom. The van der Waals surface area contributed by atoms with E-state index in [0.29, 0.717) is 17.4 Å². The van der Waals surface area contributed by atoms with E-state index in [9.17, 15) is 4.79 Å². The first-order valence-corrected chi connectivity index (χ1v) is 9.31. The second-order valence-corrected chi connectivity index (χ2v) is 7.10. The van der Waals surface area contributed by atoms with Gasteiger partial charge in [0.25, 0.3) is 0 Å². The molecule has 2 heterocycles. The molecule has 1 amide bonds. The molecule has 28 heavy (non-hydrogen) atoms. The van der Waals surface area contributed by atoms with Gasteiger partial charge < -0.3 is 14.8 Å². The Morgan fingerprint density at radius 2 is 1.89 bits per heavy atom. The van der Waals surface area contributed by atoms with Crippen LogP contribution in [-0.2, 0) is 11.2 Å². The zero-order valence-electron chi connectivity index (χ0n) is 16.7. The molecular formula is C21H26N4O3. The highest BCUT2D eigenvalue weighted by Crippen LogP contribution is 2.28. The van der Waals surface area contributed by atoms with Crippen molar-refractivity contribution in [1.29, 1.82) is 0 Å². The van der Waals surface area contributed by atoms with E-state index in [1.807, 2.05) is 40.9 Å². The maximum absolute atomic E-state index is 12.7. The predicted molar refractivity (Wildman–Crippen MR) is 107 cm³/mol. The number of hydrogen-bond donors (Lipinski definition) is 1. The number of pyridine rings is 1. The van der Waals surface area contributed by atoms with Gasteiger partial charge >= 0.3 is 0 Å². The highest BCUT2D eigenvalue weighted by Gasteiger charge is 2.22. The molecule has 7 nitrogen and oxygen atoms in total. The quantitative estimate of drug-likeness (QED) is 0.647. The Bertz CT molecular complexity index is 952. The van der Waals surface area contributed by atoms with Gasteiger partial charge in [-0.25, -0.2) is 0 Å². The third-order valence-corrected chi connectivity index (χ3v) is 4.51. The van der Waals surface area contributed by atoms with Crippen LogP contribution in [0.3, 0.4) is 0 Å². The number of carbonyl (C=O) groups is 1. The Labute approximate surface area is 164 Å². The number of hydrogen-bond acceptors (Lipinski definition) is 5. The maximum Gasteiger partial charge on any atom is 0.225 e. The summed E-state index contributed by atoms with van der Waals surface area (Å²) in [6, 6.07) is 11.0. The smallest absolute Gasteiger partial charge is 0.225 e. The van der Waals surface area contributed by atoms with Gasteiger partial charge in [-0.3, -0.25) is 9.20 Å². The summed E-state index contributed by atoms with van der Waals surface area (Å²) in [5.74, 6) is 2.30. The molecule has 1 atom stereocenters. The molecule has 0 aliphatic heterocycles. The lowest BCUT2D eigenvalue weighted by atomic mass is 10.0. The summed E-state index contributed by atoms with van der Waals surface area (Å²) in [7, 11) is 3.17. The van der Waals surface area contributed by atoms with E-state index in [2.05, 4.69) is 29.4 Å². The summed E-state index contributed by atoms with van der Waals surface area (Å²) in [6.45, 7) is 4.24. The van der Waals surface area contributed by atoms with Gasteiger partial charge in [-0.1, -0.05) is 26.0 Å². The Balaban J connectivity index is 1.78. The molecule has 0 unspecified atom stereocenters. The SMILES string of the molecule is COc1ccc(CC(=O)N[C@@H](CC(C)C)c2nnc3ccccn23)cc1OC. The average Bonchev–Trinajstić information content (AvgIpc) is 3.11. The number of carbonyl (C=O) groups excluding carboxylic acids is 1. The van der Waals surface area contributed by atoms with Crippen LogP contribution in [0.15, 0.2) is 42.6 Å². The van der Waals surface area contributed by atoms with Crippen molar-refractivity contribution in [2.24, 2.45) is 5.92 Å². The number of methoxy groups -OCH3 is 2. The van der Waals surface area contributed by atoms with Crippen LogP contribution >= 0.6 is 0 Å². The van der Waals surface area contributed by atoms with Crippen LogP contribution < -0.4 is 14.8 Å². The van der Waals surface area contributed by atoms with Gasteiger partial charge in [0, 0.05) is 6.20 Å². The number of nitrogens with one attached hydrogen (secondary N) is 1. The molecule has 0 saturated heterocycles. The Morgan fingerprint density at radius 3 is 2.61 bits per heavy atom. The number of aromatic nitrogens is 3. The minimum atomic E-state index is -0.218. The van der Waals surface area contributed by atoms with E-state index in [4.69, 9.17) is 9.47 Å². The van der Waals surface area contributed by atoms with Gasteiger partial charge in [-0.2, -0.15) is 0 Å². The third kappa shape index (κ3) is 4.42. The minimum Gasteiger partial charge on any atom is -0.493 e. The van der Waals surface area contributed by atoms with E-state index in [1.54, 1.807) is 20.3 Å². The molecule has 0 radical (unpaired) electrons. The predicted octanol–water partition coefficient (Wildman–Crippen LogP) is 3.19. The minimum absolute atomic E-state index is 0.0782. The van der Waals surface area contributed by atoms with Crippen molar-refractivity contribution in [1.82, 2.24) is 19.9 Å². The van der Waals surface area contributed by atoms with Crippen molar-refractivity contribution >= 4 is 11.6 Å². The number of fused-ring (bicyclic) bond motifs is 1. The molecular weight excluding hydrogens is 356 g/mol. The molecule has 0 aliphatic carbocycles. The molecule has 1 aromatic carbocycles. The van der Waals surface area contributed by atoms with Crippen LogP contribution in [0.1, 0.15) is 37.7 Å². The Kier molecular flexibility index (Phi) is 6.13. The first-order valence-electron chi connectivity index (χ1n) is 9.31. The highest BCUT2D eigenvalue weighted by atomic mass is 16.5. The number of ether oxygens (including phenoxy) is 2. The van der Waals surface area contributed by atoms with Gasteiger partial charge in [0.15, 0.2) is 23.0 Å². The molecule has 0 bridgehead atoms. The van der Waals surface area contributed by atoms with Crippen LogP contribution in [0.25, 0.3) is 5.65 Å². The van der Waals surface area contributed by atoms with Crippen molar-refractivity contribution in [3.05, 3.63) is 54.0 Å². The summed E-state index contributed by atoms with van der Waals surface area (Å²) < 4.78 is 12.5. The first-order chi connectivity index (χ1) is 13.5. The number of amides is 1. The van der Waals surface area contributed by atoms with Crippen molar-refractivity contribution in [2.45, 2.75) is 32.7 Å². The molecule has 0 aliphatic rings. The van der Waals surface area contributed by atoms with Crippen LogP contribution in [0.4, 0.5) is 0 Å². The Hall–Kier alpha value is -3.09. The lowest BCUT2D eigenvalue weighted by molar-refractivity contribution is -0.121. The summed E-state index contributed by atoms with van der Waals surface area (Å²) in [5.41, 5.74) is 1.62. The van der Waals surface area contributed by atoms with Crippen LogP contribution in [0, 0.1) is 5.92 Å². The fourth-order valence-electron chi connectivity index (χ4n) is 3.22. The lowest BCUT2D eigenvalue weighted by Crippen LogP contribution is -2.32. The molecule has 3 aromatic rings. The number of nitrogens with zero attached hydrogens (tertiary/aromatic N) is 3. The molecule has 7 heteroatoms. The normalized spacial score (nSPS) is 12.2. The fourth-order valence-corrected chi connectivity index (χ4v) is 3.22. The maximum atomic E-state index is 12.7. The van der Waals surface area contributed by atoms with E-state index >= 15 is 0 Å². The first kappa shape index (κ1) is 19.7. The summed E-state index contributed by atoms with van der Waals surface area (Å²) >= 11 is 0.